The quantitative estimate of drug-likeness (QED) is 0.821. The van der Waals surface area contributed by atoms with Gasteiger partial charge in [-0.05, 0) is 40.1 Å². The topological polar surface area (TPSA) is 52.2 Å². The molecule has 0 fully saturated rings. The average molecular weight is 363 g/mol. The number of methoxy groups -OCH3 is 1. The molecule has 0 aliphatic heterocycles. The van der Waals surface area contributed by atoms with Crippen LogP contribution in [-0.2, 0) is 11.3 Å². The number of aromatic nitrogens is 2. The fraction of sp³-hybridized carbons (Fsp3) is 0.462. The first-order chi connectivity index (χ1) is 9.69. The lowest BCUT2D eigenvalue weighted by molar-refractivity contribution is 0.182. The molecule has 0 bridgehead atoms. The summed E-state index contributed by atoms with van der Waals surface area (Å²) in [4.78, 5) is 0. The summed E-state index contributed by atoms with van der Waals surface area (Å²) in [6.07, 6.45) is 3.37. The molecule has 2 rings (SSSR count). The van der Waals surface area contributed by atoms with E-state index in [0.29, 0.717) is 18.4 Å². The Morgan fingerprint density at radius 2 is 2.40 bits per heavy atom. The van der Waals surface area contributed by atoms with E-state index in [0.717, 1.165) is 22.3 Å². The van der Waals surface area contributed by atoms with Crippen LogP contribution >= 0.6 is 27.5 Å². The third-order valence-electron chi connectivity index (χ3n) is 2.98. The first-order valence-corrected chi connectivity index (χ1v) is 7.52. The van der Waals surface area contributed by atoms with E-state index in [2.05, 4.69) is 26.3 Å². The Morgan fingerprint density at radius 3 is 3.00 bits per heavy atom. The normalized spacial score (nSPS) is 12.8. The number of furan rings is 1. The Hall–Kier alpha value is -0.820. The third kappa shape index (κ3) is 3.25. The second kappa shape index (κ2) is 7.26. The number of ether oxygens (including phenoxy) is 1. The van der Waals surface area contributed by atoms with Gasteiger partial charge in [-0.1, -0.05) is 6.92 Å². The van der Waals surface area contributed by atoms with Gasteiger partial charge < -0.3 is 14.5 Å². The maximum absolute atomic E-state index is 6.12. The van der Waals surface area contributed by atoms with Crippen molar-refractivity contribution in [1.82, 2.24) is 15.1 Å². The molecule has 0 spiro atoms. The van der Waals surface area contributed by atoms with E-state index < -0.39 is 0 Å². The van der Waals surface area contributed by atoms with Crippen molar-refractivity contribution >= 4 is 27.5 Å². The van der Waals surface area contributed by atoms with Crippen LogP contribution in [0.3, 0.4) is 0 Å². The van der Waals surface area contributed by atoms with Crippen molar-refractivity contribution in [2.45, 2.75) is 19.5 Å². The molecule has 5 nitrogen and oxygen atoms in total. The molecule has 0 saturated carbocycles. The Labute approximate surface area is 131 Å². The lowest BCUT2D eigenvalue weighted by Gasteiger charge is -2.19. The fourth-order valence-electron chi connectivity index (χ4n) is 2.08. The molecule has 0 saturated heterocycles. The molecule has 1 atom stereocenters. The van der Waals surface area contributed by atoms with Crippen molar-refractivity contribution in [3.63, 3.8) is 0 Å². The first kappa shape index (κ1) is 15.6. The van der Waals surface area contributed by atoms with E-state index >= 15 is 0 Å². The zero-order chi connectivity index (χ0) is 14.5. The summed E-state index contributed by atoms with van der Waals surface area (Å²) >= 11 is 9.67. The molecule has 7 heteroatoms. The largest absolute Gasteiger partial charge is 0.453 e. The Kier molecular flexibility index (Phi) is 5.65. The summed E-state index contributed by atoms with van der Waals surface area (Å²) < 4.78 is 13.2. The van der Waals surface area contributed by atoms with Gasteiger partial charge in [0.2, 0.25) is 0 Å². The highest BCUT2D eigenvalue weighted by Gasteiger charge is 2.24. The average Bonchev–Trinajstić information content (AvgIpc) is 3.01. The third-order valence-corrected chi connectivity index (χ3v) is 3.90. The van der Waals surface area contributed by atoms with Crippen LogP contribution in [0.1, 0.15) is 24.2 Å². The summed E-state index contributed by atoms with van der Waals surface area (Å²) in [5, 5.41) is 8.17. The van der Waals surface area contributed by atoms with Crippen molar-refractivity contribution in [1.29, 1.82) is 0 Å². The van der Waals surface area contributed by atoms with Crippen molar-refractivity contribution < 1.29 is 9.15 Å². The Balaban J connectivity index is 2.39. The minimum Gasteiger partial charge on any atom is -0.453 e. The van der Waals surface area contributed by atoms with Crippen LogP contribution < -0.4 is 5.32 Å². The van der Waals surface area contributed by atoms with Gasteiger partial charge in [0.1, 0.15) is 0 Å². The van der Waals surface area contributed by atoms with Crippen molar-refractivity contribution in [2.75, 3.05) is 20.3 Å². The number of nitrogens with zero attached hydrogens (tertiary/aromatic N) is 2. The lowest BCUT2D eigenvalue weighted by Crippen LogP contribution is -2.25. The minimum atomic E-state index is -0.0834. The molecule has 20 heavy (non-hydrogen) atoms. The summed E-state index contributed by atoms with van der Waals surface area (Å²) in [7, 11) is 1.67. The highest BCUT2D eigenvalue weighted by Crippen LogP contribution is 2.33. The molecule has 0 aliphatic carbocycles. The van der Waals surface area contributed by atoms with Crippen molar-refractivity contribution in [2.24, 2.45) is 0 Å². The van der Waals surface area contributed by atoms with Crippen LogP contribution in [0.25, 0.3) is 0 Å². The lowest BCUT2D eigenvalue weighted by atomic mass is 10.1. The van der Waals surface area contributed by atoms with E-state index in [-0.39, 0.29) is 6.04 Å². The van der Waals surface area contributed by atoms with Crippen LogP contribution in [0.2, 0.25) is 5.22 Å². The number of hydrogen-bond acceptors (Lipinski definition) is 4. The zero-order valence-electron chi connectivity index (χ0n) is 11.4. The van der Waals surface area contributed by atoms with Gasteiger partial charge in [-0.2, -0.15) is 5.10 Å². The number of halogens is 2. The first-order valence-electron chi connectivity index (χ1n) is 6.35. The smallest absolute Gasteiger partial charge is 0.198 e. The van der Waals surface area contributed by atoms with Gasteiger partial charge in [0, 0.05) is 12.7 Å². The van der Waals surface area contributed by atoms with Gasteiger partial charge in [-0.15, -0.1) is 0 Å². The molecule has 2 aromatic heterocycles. The van der Waals surface area contributed by atoms with E-state index in [1.165, 1.54) is 0 Å². The van der Waals surface area contributed by atoms with Crippen molar-refractivity contribution in [3.05, 3.63) is 39.5 Å². The molecule has 0 amide bonds. The molecule has 2 heterocycles. The molecule has 0 aromatic carbocycles. The highest BCUT2D eigenvalue weighted by atomic mass is 79.9. The molecule has 0 aliphatic rings. The van der Waals surface area contributed by atoms with Crippen LogP contribution in [-0.4, -0.2) is 30.0 Å². The van der Waals surface area contributed by atoms with E-state index in [1.54, 1.807) is 19.6 Å². The molecular formula is C13H17BrClN3O2. The minimum absolute atomic E-state index is 0.0834. The summed E-state index contributed by atoms with van der Waals surface area (Å²) in [6, 6.07) is 1.79. The number of nitrogens with one attached hydrogen (secondary N) is 1. The molecule has 2 aromatic rings. The van der Waals surface area contributed by atoms with E-state index in [4.69, 9.17) is 20.8 Å². The molecule has 1 unspecified atom stereocenters. The van der Waals surface area contributed by atoms with Gasteiger partial charge >= 0.3 is 0 Å². The van der Waals surface area contributed by atoms with E-state index in [9.17, 15) is 0 Å². The second-order valence-corrected chi connectivity index (χ2v) is 5.43. The predicted octanol–water partition coefficient (Wildman–Crippen LogP) is 3.24. The predicted molar refractivity (Wildman–Crippen MR) is 81.0 cm³/mol. The monoisotopic (exact) mass is 361 g/mol. The molecular weight excluding hydrogens is 346 g/mol. The second-order valence-electron chi connectivity index (χ2n) is 4.23. The van der Waals surface area contributed by atoms with E-state index in [1.807, 2.05) is 17.7 Å². The van der Waals surface area contributed by atoms with Crippen LogP contribution in [0, 0.1) is 0 Å². The Bertz CT molecular complexity index is 556. The fourth-order valence-corrected chi connectivity index (χ4v) is 2.83. The standard InChI is InChI=1S/C13H17BrClN3O2/c1-3-16-11(9-4-6-20-13(9)15)12-10(14)8-17-18(12)5-7-19-2/h4,6,8,11,16H,3,5,7H2,1-2H3. The highest BCUT2D eigenvalue weighted by molar-refractivity contribution is 9.10. The summed E-state index contributed by atoms with van der Waals surface area (Å²) in [5.41, 5.74) is 1.90. The van der Waals surface area contributed by atoms with Crippen LogP contribution in [0.4, 0.5) is 0 Å². The van der Waals surface area contributed by atoms with Crippen LogP contribution in [0.5, 0.6) is 0 Å². The summed E-state index contributed by atoms with van der Waals surface area (Å²) in [5.74, 6) is 0. The van der Waals surface area contributed by atoms with Crippen molar-refractivity contribution in [3.8, 4) is 0 Å². The maximum Gasteiger partial charge on any atom is 0.198 e. The molecule has 1 N–H and O–H groups in total. The number of rotatable bonds is 7. The van der Waals surface area contributed by atoms with Gasteiger partial charge in [-0.3, -0.25) is 4.68 Å². The SMILES string of the molecule is CCNC(c1ccoc1Cl)c1c(Br)cnn1CCOC. The molecule has 0 radical (unpaired) electrons. The van der Waals surface area contributed by atoms with Gasteiger partial charge in [0.25, 0.3) is 0 Å². The molecule has 110 valence electrons. The van der Waals surface area contributed by atoms with Gasteiger partial charge in [0.15, 0.2) is 5.22 Å². The Morgan fingerprint density at radius 1 is 1.60 bits per heavy atom. The zero-order valence-corrected chi connectivity index (χ0v) is 13.7. The number of hydrogen-bond donors (Lipinski definition) is 1. The maximum atomic E-state index is 6.12. The van der Waals surface area contributed by atoms with Crippen LogP contribution in [0.15, 0.2) is 27.4 Å². The van der Waals surface area contributed by atoms with Gasteiger partial charge in [-0.25, -0.2) is 0 Å². The van der Waals surface area contributed by atoms with Gasteiger partial charge in [0.05, 0.1) is 41.8 Å². The summed E-state index contributed by atoms with van der Waals surface area (Å²) in [6.45, 7) is 4.12.